The van der Waals surface area contributed by atoms with Crippen molar-refractivity contribution in [2.24, 2.45) is 5.73 Å². The lowest BCUT2D eigenvalue weighted by molar-refractivity contribution is -0.144. The summed E-state index contributed by atoms with van der Waals surface area (Å²) in [5.41, 5.74) is 5.33. The number of amides is 1. The molecular weight excluding hydrogens is 227 g/mol. The van der Waals surface area contributed by atoms with Crippen LogP contribution >= 0.6 is 0 Å². The molecule has 1 rings (SSSR count). The van der Waals surface area contributed by atoms with Gasteiger partial charge < -0.3 is 5.73 Å². The third-order valence-electron chi connectivity index (χ3n) is 1.51. The van der Waals surface area contributed by atoms with Gasteiger partial charge in [-0.15, -0.1) is 5.10 Å². The molecule has 1 amide bonds. The number of hydrogen-bond acceptors (Lipinski definition) is 4. The van der Waals surface area contributed by atoms with E-state index in [1.165, 1.54) is 0 Å². The van der Waals surface area contributed by atoms with Crippen molar-refractivity contribution >= 4 is 11.9 Å². The van der Waals surface area contributed by atoms with Crippen LogP contribution in [0.15, 0.2) is 0 Å². The first-order valence-electron chi connectivity index (χ1n) is 4.34. The highest BCUT2D eigenvalue weighted by Gasteiger charge is 2.35. The van der Waals surface area contributed by atoms with Crippen LogP contribution in [0.2, 0.25) is 0 Å². The highest BCUT2D eigenvalue weighted by atomic mass is 19.4. The Kier molecular flexibility index (Phi) is 3.48. The molecule has 1 aromatic rings. The van der Waals surface area contributed by atoms with Gasteiger partial charge in [0.15, 0.2) is 0 Å². The molecule has 0 aromatic carbocycles. The Balaban J connectivity index is 2.62. The first-order chi connectivity index (χ1) is 7.29. The molecule has 0 bridgehead atoms. The Morgan fingerprint density at radius 1 is 1.62 bits per heavy atom. The summed E-state index contributed by atoms with van der Waals surface area (Å²) >= 11 is 0. The van der Waals surface area contributed by atoms with Crippen LogP contribution in [-0.4, -0.2) is 27.1 Å². The number of aromatic amines is 1. The maximum absolute atomic E-state index is 12.1. The average molecular weight is 237 g/mol. The lowest BCUT2D eigenvalue weighted by atomic mass is 10.2. The zero-order valence-electron chi connectivity index (χ0n) is 8.30. The van der Waals surface area contributed by atoms with Crippen molar-refractivity contribution in [1.82, 2.24) is 15.2 Å². The van der Waals surface area contributed by atoms with Gasteiger partial charge in [-0.3, -0.25) is 15.2 Å². The van der Waals surface area contributed by atoms with E-state index in [-0.39, 0.29) is 12.5 Å². The van der Waals surface area contributed by atoms with Crippen LogP contribution in [0, 0.1) is 0 Å². The van der Waals surface area contributed by atoms with Crippen LogP contribution in [0.5, 0.6) is 0 Å². The molecule has 0 aliphatic carbocycles. The predicted molar refractivity (Wildman–Crippen MR) is 48.3 cm³/mol. The number of nitrogens with one attached hydrogen (secondary N) is 2. The van der Waals surface area contributed by atoms with E-state index in [1.54, 1.807) is 12.0 Å². The molecule has 0 radical (unpaired) electrons. The second-order valence-electron chi connectivity index (χ2n) is 3.23. The molecule has 4 N–H and O–H groups in total. The summed E-state index contributed by atoms with van der Waals surface area (Å²) < 4.78 is 36.2. The Morgan fingerprint density at radius 2 is 2.25 bits per heavy atom. The summed E-state index contributed by atoms with van der Waals surface area (Å²) in [6.45, 7) is 1.60. The molecule has 0 saturated carbocycles. The molecule has 1 atom stereocenters. The van der Waals surface area contributed by atoms with Gasteiger partial charge in [-0.25, -0.2) is 0 Å². The van der Waals surface area contributed by atoms with Gasteiger partial charge in [0.05, 0.1) is 0 Å². The van der Waals surface area contributed by atoms with Gasteiger partial charge in [-0.1, -0.05) is 0 Å². The van der Waals surface area contributed by atoms with Crippen molar-refractivity contribution in [1.29, 1.82) is 0 Å². The number of carbonyl (C=O) groups excluding carboxylic acids is 1. The molecule has 9 heteroatoms. The van der Waals surface area contributed by atoms with Crippen LogP contribution in [0.1, 0.15) is 19.2 Å². The normalized spacial score (nSPS) is 13.6. The Hall–Kier alpha value is -1.64. The molecule has 16 heavy (non-hydrogen) atoms. The number of nitrogens with two attached hydrogens (primary N) is 1. The maximum atomic E-state index is 12.1. The van der Waals surface area contributed by atoms with E-state index in [9.17, 15) is 18.0 Å². The summed E-state index contributed by atoms with van der Waals surface area (Å²) in [4.78, 5) is 14.2. The van der Waals surface area contributed by atoms with E-state index in [2.05, 4.69) is 15.4 Å². The molecule has 0 saturated heterocycles. The van der Waals surface area contributed by atoms with E-state index >= 15 is 0 Å². The van der Waals surface area contributed by atoms with Gasteiger partial charge in [0, 0.05) is 12.5 Å². The number of aromatic nitrogens is 3. The Morgan fingerprint density at radius 3 is 2.69 bits per heavy atom. The molecule has 6 nitrogen and oxygen atoms in total. The maximum Gasteiger partial charge on any atom is 0.451 e. The van der Waals surface area contributed by atoms with Crippen LogP contribution in [0.3, 0.4) is 0 Å². The summed E-state index contributed by atoms with van der Waals surface area (Å²) in [7, 11) is 0. The van der Waals surface area contributed by atoms with Crippen LogP contribution in [0.4, 0.5) is 19.1 Å². The molecular formula is C7H10F3N5O. The predicted octanol–water partition coefficient (Wildman–Crippen LogP) is 0.499. The van der Waals surface area contributed by atoms with Crippen LogP contribution in [-0.2, 0) is 11.0 Å². The molecule has 0 aliphatic rings. The highest BCUT2D eigenvalue weighted by Crippen LogP contribution is 2.26. The first kappa shape index (κ1) is 12.4. The van der Waals surface area contributed by atoms with Crippen molar-refractivity contribution in [2.75, 3.05) is 5.32 Å². The molecule has 1 aromatic heterocycles. The van der Waals surface area contributed by atoms with E-state index in [0.29, 0.717) is 0 Å². The molecule has 1 heterocycles. The number of anilines is 1. The Labute approximate surface area is 88.4 Å². The second kappa shape index (κ2) is 4.47. The lowest BCUT2D eigenvalue weighted by Gasteiger charge is -2.03. The van der Waals surface area contributed by atoms with Gasteiger partial charge in [-0.05, 0) is 6.92 Å². The average Bonchev–Trinajstić information content (AvgIpc) is 2.49. The minimum absolute atomic E-state index is 0.0180. The number of carbonyl (C=O) groups is 1. The quantitative estimate of drug-likeness (QED) is 0.713. The van der Waals surface area contributed by atoms with Crippen molar-refractivity contribution in [2.45, 2.75) is 25.6 Å². The largest absolute Gasteiger partial charge is 0.451 e. The minimum atomic E-state index is -4.61. The van der Waals surface area contributed by atoms with Gasteiger partial charge in [0.1, 0.15) is 0 Å². The summed E-state index contributed by atoms with van der Waals surface area (Å²) in [6, 6.07) is -0.388. The third-order valence-corrected chi connectivity index (χ3v) is 1.51. The van der Waals surface area contributed by atoms with Crippen LogP contribution in [0.25, 0.3) is 0 Å². The summed E-state index contributed by atoms with van der Waals surface area (Å²) in [5, 5.41) is 6.97. The molecule has 90 valence electrons. The number of halogens is 3. The Bertz CT molecular complexity index is 372. The van der Waals surface area contributed by atoms with E-state index in [0.717, 1.165) is 0 Å². The standard InChI is InChI=1S/C7H10F3N5O/c1-3(11)2-4(16)12-6-13-5(14-15-6)7(8,9)10/h3H,2,11H2,1H3,(H2,12,13,14,15,16). The first-order valence-corrected chi connectivity index (χ1v) is 4.34. The zero-order valence-corrected chi connectivity index (χ0v) is 8.30. The number of rotatable bonds is 3. The van der Waals surface area contributed by atoms with Crippen molar-refractivity contribution in [3.05, 3.63) is 5.82 Å². The minimum Gasteiger partial charge on any atom is -0.327 e. The van der Waals surface area contributed by atoms with Crippen molar-refractivity contribution < 1.29 is 18.0 Å². The number of hydrogen-bond donors (Lipinski definition) is 3. The highest BCUT2D eigenvalue weighted by molar-refractivity contribution is 5.89. The zero-order chi connectivity index (χ0) is 12.3. The molecule has 0 aliphatic heterocycles. The van der Waals surface area contributed by atoms with Gasteiger partial charge in [0.25, 0.3) is 0 Å². The second-order valence-corrected chi connectivity index (χ2v) is 3.23. The number of alkyl halides is 3. The fourth-order valence-electron chi connectivity index (χ4n) is 0.913. The summed E-state index contributed by atoms with van der Waals surface area (Å²) in [6.07, 6.45) is -4.63. The fourth-order valence-corrected chi connectivity index (χ4v) is 0.913. The van der Waals surface area contributed by atoms with Gasteiger partial charge in [0.2, 0.25) is 17.7 Å². The molecule has 0 fully saturated rings. The topological polar surface area (TPSA) is 96.7 Å². The number of H-pyrrole nitrogens is 1. The third kappa shape index (κ3) is 3.50. The van der Waals surface area contributed by atoms with E-state index in [1.807, 2.05) is 0 Å². The smallest absolute Gasteiger partial charge is 0.327 e. The summed E-state index contributed by atoms with van der Waals surface area (Å²) in [5.74, 6) is -2.22. The monoisotopic (exact) mass is 237 g/mol. The molecule has 1 unspecified atom stereocenters. The SMILES string of the molecule is CC(N)CC(=O)Nc1n[nH]c(C(F)(F)F)n1. The van der Waals surface area contributed by atoms with Gasteiger partial charge >= 0.3 is 6.18 Å². The van der Waals surface area contributed by atoms with Crippen molar-refractivity contribution in [3.8, 4) is 0 Å². The van der Waals surface area contributed by atoms with Gasteiger partial charge in [-0.2, -0.15) is 18.2 Å². The number of nitrogens with zero attached hydrogens (tertiary/aromatic N) is 2. The van der Waals surface area contributed by atoms with E-state index < -0.39 is 23.9 Å². The lowest BCUT2D eigenvalue weighted by Crippen LogP contribution is -2.24. The van der Waals surface area contributed by atoms with Crippen LogP contribution < -0.4 is 11.1 Å². The van der Waals surface area contributed by atoms with E-state index in [4.69, 9.17) is 5.73 Å². The van der Waals surface area contributed by atoms with Crippen molar-refractivity contribution in [3.63, 3.8) is 0 Å². The molecule has 0 spiro atoms. The fraction of sp³-hybridized carbons (Fsp3) is 0.571.